The molecule has 1 rings (SSSR count). The zero-order valence-electron chi connectivity index (χ0n) is 11.8. The second-order valence-corrected chi connectivity index (χ2v) is 5.66. The average Bonchev–Trinajstić information content (AvgIpc) is 2.94. The molecule has 7 heteroatoms. The highest BCUT2D eigenvalue weighted by molar-refractivity contribution is 7.09. The van der Waals surface area contributed by atoms with Crippen LogP contribution in [0.2, 0.25) is 0 Å². The largest absolute Gasteiger partial charge is 0.481 e. The molecule has 2 unspecified atom stereocenters. The van der Waals surface area contributed by atoms with Crippen molar-refractivity contribution in [1.82, 2.24) is 15.6 Å². The van der Waals surface area contributed by atoms with Crippen molar-refractivity contribution >= 4 is 23.3 Å². The summed E-state index contributed by atoms with van der Waals surface area (Å²) in [5.74, 6) is -0.701. The summed E-state index contributed by atoms with van der Waals surface area (Å²) >= 11 is 1.56. The molecule has 2 amide bonds. The van der Waals surface area contributed by atoms with Crippen molar-refractivity contribution in [1.29, 1.82) is 0 Å². The lowest BCUT2D eigenvalue weighted by Crippen LogP contribution is -2.40. The zero-order chi connectivity index (χ0) is 15.0. The van der Waals surface area contributed by atoms with Gasteiger partial charge in [0.1, 0.15) is 0 Å². The Hall–Kier alpha value is -1.63. The molecule has 2 atom stereocenters. The van der Waals surface area contributed by atoms with Crippen LogP contribution in [0.15, 0.2) is 11.6 Å². The third-order valence-corrected chi connectivity index (χ3v) is 4.04. The predicted octanol–water partition coefficient (Wildman–Crippen LogP) is 2.05. The monoisotopic (exact) mass is 299 g/mol. The molecule has 0 aliphatic rings. The smallest absolute Gasteiger partial charge is 0.314 e. The van der Waals surface area contributed by atoms with Crippen LogP contribution in [0.1, 0.15) is 37.6 Å². The Morgan fingerprint density at radius 1 is 1.40 bits per heavy atom. The fourth-order valence-electron chi connectivity index (χ4n) is 1.72. The summed E-state index contributed by atoms with van der Waals surface area (Å²) in [6.45, 7) is 4.80. The molecule has 0 aliphatic carbocycles. The number of hydrogen-bond donors (Lipinski definition) is 3. The SMILES string of the molecule is CCC(CNC(=O)NCC(C)c1nccs1)CC(=O)O. The van der Waals surface area contributed by atoms with Crippen LogP contribution < -0.4 is 10.6 Å². The van der Waals surface area contributed by atoms with E-state index < -0.39 is 5.97 Å². The minimum Gasteiger partial charge on any atom is -0.481 e. The van der Waals surface area contributed by atoms with Gasteiger partial charge >= 0.3 is 12.0 Å². The van der Waals surface area contributed by atoms with Crippen molar-refractivity contribution in [2.75, 3.05) is 13.1 Å². The molecule has 0 spiro atoms. The van der Waals surface area contributed by atoms with Crippen molar-refractivity contribution in [3.05, 3.63) is 16.6 Å². The van der Waals surface area contributed by atoms with Gasteiger partial charge < -0.3 is 15.7 Å². The van der Waals surface area contributed by atoms with Crippen molar-refractivity contribution in [2.24, 2.45) is 5.92 Å². The van der Waals surface area contributed by atoms with Gasteiger partial charge in [-0.1, -0.05) is 20.3 Å². The molecular formula is C13H21N3O3S. The van der Waals surface area contributed by atoms with E-state index in [2.05, 4.69) is 15.6 Å². The summed E-state index contributed by atoms with van der Waals surface area (Å²) in [6, 6.07) is -0.266. The van der Waals surface area contributed by atoms with Gasteiger partial charge in [-0.15, -0.1) is 11.3 Å². The van der Waals surface area contributed by atoms with Crippen LogP contribution in [0.4, 0.5) is 4.79 Å². The van der Waals surface area contributed by atoms with E-state index in [1.165, 1.54) is 0 Å². The van der Waals surface area contributed by atoms with Gasteiger partial charge in [0.15, 0.2) is 0 Å². The fourth-order valence-corrected chi connectivity index (χ4v) is 2.42. The molecule has 20 heavy (non-hydrogen) atoms. The lowest BCUT2D eigenvalue weighted by Gasteiger charge is -2.15. The van der Waals surface area contributed by atoms with Gasteiger partial charge in [-0.25, -0.2) is 9.78 Å². The Labute approximate surface area is 122 Å². The molecule has 112 valence electrons. The topological polar surface area (TPSA) is 91.3 Å². The summed E-state index contributed by atoms with van der Waals surface area (Å²) in [6.07, 6.45) is 2.54. The number of nitrogens with one attached hydrogen (secondary N) is 2. The molecule has 0 fully saturated rings. The van der Waals surface area contributed by atoms with Crippen LogP contribution in [-0.2, 0) is 4.79 Å². The van der Waals surface area contributed by atoms with E-state index in [0.717, 1.165) is 11.4 Å². The number of rotatable bonds is 8. The van der Waals surface area contributed by atoms with E-state index in [9.17, 15) is 9.59 Å². The normalized spacial score (nSPS) is 13.5. The zero-order valence-corrected chi connectivity index (χ0v) is 12.6. The van der Waals surface area contributed by atoms with Crippen molar-refractivity contribution in [2.45, 2.75) is 32.6 Å². The van der Waals surface area contributed by atoms with Crippen LogP contribution in [0.3, 0.4) is 0 Å². The second-order valence-electron chi connectivity index (χ2n) is 4.73. The minimum atomic E-state index is -0.837. The Morgan fingerprint density at radius 3 is 2.65 bits per heavy atom. The number of hydrogen-bond acceptors (Lipinski definition) is 4. The number of carboxylic acid groups (broad SMARTS) is 1. The number of carboxylic acids is 1. The molecule has 0 aliphatic heterocycles. The number of amides is 2. The number of carbonyl (C=O) groups is 2. The van der Waals surface area contributed by atoms with Gasteiger partial charge in [-0.2, -0.15) is 0 Å². The van der Waals surface area contributed by atoms with Gasteiger partial charge in [0.2, 0.25) is 0 Å². The second kappa shape index (κ2) is 8.52. The molecule has 6 nitrogen and oxygen atoms in total. The van der Waals surface area contributed by atoms with E-state index in [0.29, 0.717) is 13.1 Å². The summed E-state index contributed by atoms with van der Waals surface area (Å²) in [5, 5.41) is 17.1. The van der Waals surface area contributed by atoms with Crippen LogP contribution in [0, 0.1) is 5.92 Å². The van der Waals surface area contributed by atoms with Gasteiger partial charge in [-0.05, 0) is 5.92 Å². The first-order valence-electron chi connectivity index (χ1n) is 6.65. The first-order valence-corrected chi connectivity index (χ1v) is 7.53. The number of aliphatic carboxylic acids is 1. The quantitative estimate of drug-likeness (QED) is 0.685. The van der Waals surface area contributed by atoms with Crippen LogP contribution in [0.25, 0.3) is 0 Å². The summed E-state index contributed by atoms with van der Waals surface area (Å²) in [5.41, 5.74) is 0. The Morgan fingerprint density at radius 2 is 2.10 bits per heavy atom. The maximum Gasteiger partial charge on any atom is 0.314 e. The molecule has 1 heterocycles. The third-order valence-electron chi connectivity index (χ3n) is 3.03. The summed E-state index contributed by atoms with van der Waals surface area (Å²) in [7, 11) is 0. The number of carbonyl (C=O) groups excluding carboxylic acids is 1. The van der Waals surface area contributed by atoms with Gasteiger partial charge in [0.25, 0.3) is 0 Å². The van der Waals surface area contributed by atoms with Crippen LogP contribution >= 0.6 is 11.3 Å². The Kier molecular flexibility index (Phi) is 7.00. The number of nitrogens with zero attached hydrogens (tertiary/aromatic N) is 1. The van der Waals surface area contributed by atoms with Crippen LogP contribution in [-0.4, -0.2) is 35.2 Å². The fraction of sp³-hybridized carbons (Fsp3) is 0.615. The maximum atomic E-state index is 11.6. The first-order chi connectivity index (χ1) is 9.52. The lowest BCUT2D eigenvalue weighted by molar-refractivity contribution is -0.138. The highest BCUT2D eigenvalue weighted by atomic mass is 32.1. The van der Waals surface area contributed by atoms with Gasteiger partial charge in [-0.3, -0.25) is 4.79 Å². The van der Waals surface area contributed by atoms with Crippen molar-refractivity contribution in [3.63, 3.8) is 0 Å². The molecule has 3 N–H and O–H groups in total. The Balaban J connectivity index is 2.24. The first kappa shape index (κ1) is 16.4. The van der Waals surface area contributed by atoms with Gasteiger partial charge in [0, 0.05) is 37.0 Å². The molecule has 1 aromatic heterocycles. The summed E-state index contributed by atoms with van der Waals surface area (Å²) in [4.78, 5) is 26.5. The predicted molar refractivity (Wildman–Crippen MR) is 78.0 cm³/mol. The molecule has 0 saturated carbocycles. The highest BCUT2D eigenvalue weighted by Crippen LogP contribution is 2.16. The summed E-state index contributed by atoms with van der Waals surface area (Å²) < 4.78 is 0. The van der Waals surface area contributed by atoms with E-state index in [1.54, 1.807) is 17.5 Å². The van der Waals surface area contributed by atoms with E-state index in [4.69, 9.17) is 5.11 Å². The molecular weight excluding hydrogens is 278 g/mol. The minimum absolute atomic E-state index is 0.0327. The standard InChI is InChI=1S/C13H21N3O3S/c1-3-10(6-11(17)18)8-16-13(19)15-7-9(2)12-14-4-5-20-12/h4-5,9-10H,3,6-8H2,1-2H3,(H,17,18)(H2,15,16,19). The highest BCUT2D eigenvalue weighted by Gasteiger charge is 2.13. The lowest BCUT2D eigenvalue weighted by atomic mass is 10.0. The molecule has 0 bridgehead atoms. The number of urea groups is 1. The van der Waals surface area contributed by atoms with Crippen molar-refractivity contribution in [3.8, 4) is 0 Å². The van der Waals surface area contributed by atoms with Gasteiger partial charge in [0.05, 0.1) is 5.01 Å². The molecule has 0 radical (unpaired) electrons. The van der Waals surface area contributed by atoms with Crippen molar-refractivity contribution < 1.29 is 14.7 Å². The van der Waals surface area contributed by atoms with E-state index in [1.807, 2.05) is 19.2 Å². The molecule has 0 saturated heterocycles. The van der Waals surface area contributed by atoms with E-state index >= 15 is 0 Å². The van der Waals surface area contributed by atoms with E-state index in [-0.39, 0.29) is 24.3 Å². The maximum absolute atomic E-state index is 11.6. The Bertz CT molecular complexity index is 423. The van der Waals surface area contributed by atoms with Crippen LogP contribution in [0.5, 0.6) is 0 Å². The third kappa shape index (κ3) is 6.01. The molecule has 1 aromatic rings. The number of thiazole rings is 1. The average molecular weight is 299 g/mol. The molecule has 0 aromatic carbocycles. The number of aromatic nitrogens is 1.